The van der Waals surface area contributed by atoms with E-state index in [9.17, 15) is 4.39 Å². The van der Waals surface area contributed by atoms with Gasteiger partial charge in [0.1, 0.15) is 23.8 Å². The quantitative estimate of drug-likeness (QED) is 0.266. The molecule has 0 radical (unpaired) electrons. The van der Waals surface area contributed by atoms with Crippen LogP contribution < -0.4 is 4.74 Å². The smallest absolute Gasteiger partial charge is 0.144 e. The molecule has 0 aliphatic carbocycles. The van der Waals surface area contributed by atoms with Gasteiger partial charge in [0, 0.05) is 19.2 Å². The summed E-state index contributed by atoms with van der Waals surface area (Å²) in [5.41, 5.74) is 1.66. The minimum absolute atomic E-state index is 0.290. The first-order chi connectivity index (χ1) is 17.2. The number of hydrogen-bond donors (Lipinski definition) is 0. The number of halogens is 1. The fourth-order valence-corrected chi connectivity index (χ4v) is 5.32. The van der Waals surface area contributed by atoms with Crippen molar-refractivity contribution in [1.82, 2.24) is 4.90 Å². The van der Waals surface area contributed by atoms with Crippen LogP contribution in [0.2, 0.25) is 0 Å². The Hall–Kier alpha value is -3.21. The van der Waals surface area contributed by atoms with E-state index in [0.717, 1.165) is 52.8 Å². The molecular formula is C31H32FNO2. The molecule has 4 aromatic carbocycles. The van der Waals surface area contributed by atoms with Crippen LogP contribution in [0, 0.1) is 5.82 Å². The molecule has 5 rings (SSSR count). The average molecular weight is 470 g/mol. The van der Waals surface area contributed by atoms with E-state index in [-0.39, 0.29) is 5.82 Å². The van der Waals surface area contributed by atoms with Gasteiger partial charge in [-0.25, -0.2) is 4.39 Å². The Morgan fingerprint density at radius 1 is 0.800 bits per heavy atom. The molecule has 1 fully saturated rings. The number of benzene rings is 4. The topological polar surface area (TPSA) is 21.7 Å². The van der Waals surface area contributed by atoms with Gasteiger partial charge in [-0.3, -0.25) is 4.90 Å². The second kappa shape index (κ2) is 10.6. The molecule has 0 saturated carbocycles. The van der Waals surface area contributed by atoms with Crippen LogP contribution in [0.1, 0.15) is 36.0 Å². The van der Waals surface area contributed by atoms with E-state index in [1.807, 2.05) is 48.5 Å². The van der Waals surface area contributed by atoms with E-state index >= 15 is 0 Å². The molecule has 0 N–H and O–H groups in total. The van der Waals surface area contributed by atoms with Crippen molar-refractivity contribution in [2.45, 2.75) is 24.9 Å². The summed E-state index contributed by atoms with van der Waals surface area (Å²) in [7, 11) is 1.69. The molecule has 0 spiro atoms. The third-order valence-corrected chi connectivity index (χ3v) is 7.09. The Morgan fingerprint density at radius 2 is 1.54 bits per heavy atom. The maximum atomic E-state index is 14.5. The zero-order valence-corrected chi connectivity index (χ0v) is 20.3. The molecule has 4 aromatic rings. The van der Waals surface area contributed by atoms with Gasteiger partial charge in [-0.15, -0.1) is 0 Å². The van der Waals surface area contributed by atoms with Gasteiger partial charge in [0.2, 0.25) is 0 Å². The zero-order chi connectivity index (χ0) is 24.1. The molecule has 3 nitrogen and oxygen atoms in total. The molecule has 1 heterocycles. The van der Waals surface area contributed by atoms with Crippen molar-refractivity contribution in [2.24, 2.45) is 0 Å². The van der Waals surface area contributed by atoms with E-state index < -0.39 is 5.60 Å². The number of methoxy groups -OCH3 is 1. The van der Waals surface area contributed by atoms with Crippen molar-refractivity contribution in [3.8, 4) is 5.75 Å². The van der Waals surface area contributed by atoms with Crippen molar-refractivity contribution in [2.75, 3.05) is 33.4 Å². The van der Waals surface area contributed by atoms with Crippen molar-refractivity contribution in [1.29, 1.82) is 0 Å². The van der Waals surface area contributed by atoms with Crippen molar-refractivity contribution in [3.63, 3.8) is 0 Å². The molecule has 1 atom stereocenters. The highest BCUT2D eigenvalue weighted by molar-refractivity contribution is 5.87. The van der Waals surface area contributed by atoms with Crippen LogP contribution in [0.15, 0.2) is 91.0 Å². The lowest BCUT2D eigenvalue weighted by atomic mass is 9.78. The van der Waals surface area contributed by atoms with Gasteiger partial charge in [-0.2, -0.15) is 0 Å². The molecule has 0 amide bonds. The van der Waals surface area contributed by atoms with Crippen LogP contribution in [-0.2, 0) is 10.3 Å². The van der Waals surface area contributed by atoms with Crippen LogP contribution in [-0.4, -0.2) is 38.3 Å². The Bertz CT molecular complexity index is 1260. The van der Waals surface area contributed by atoms with Crippen molar-refractivity contribution < 1.29 is 13.9 Å². The first kappa shape index (κ1) is 23.5. The molecular weight excluding hydrogens is 437 g/mol. The molecule has 1 aliphatic rings. The molecule has 1 unspecified atom stereocenters. The van der Waals surface area contributed by atoms with Gasteiger partial charge in [0.05, 0.1) is 0 Å². The average Bonchev–Trinajstić information content (AvgIpc) is 2.91. The van der Waals surface area contributed by atoms with Crippen LogP contribution in [0.25, 0.3) is 10.8 Å². The maximum absolute atomic E-state index is 14.5. The van der Waals surface area contributed by atoms with Gasteiger partial charge in [-0.1, -0.05) is 73.2 Å². The zero-order valence-electron chi connectivity index (χ0n) is 20.3. The fourth-order valence-electron chi connectivity index (χ4n) is 5.32. The summed E-state index contributed by atoms with van der Waals surface area (Å²) < 4.78 is 26.9. The summed E-state index contributed by atoms with van der Waals surface area (Å²) in [6.07, 6.45) is 3.90. The highest BCUT2D eigenvalue weighted by atomic mass is 19.1. The summed E-state index contributed by atoms with van der Waals surface area (Å²) in [6.45, 7) is 3.94. The first-order valence-electron chi connectivity index (χ1n) is 12.5. The Balaban J connectivity index is 1.51. The molecule has 180 valence electrons. The van der Waals surface area contributed by atoms with Gasteiger partial charge in [-0.05, 0) is 72.1 Å². The normalized spacial score (nSPS) is 16.2. The third kappa shape index (κ3) is 4.82. The summed E-state index contributed by atoms with van der Waals surface area (Å²) in [4.78, 5) is 2.47. The Kier molecular flexibility index (Phi) is 7.12. The highest BCUT2D eigenvalue weighted by Gasteiger charge is 2.38. The minimum Gasteiger partial charge on any atom is -0.492 e. The molecule has 0 bridgehead atoms. The van der Waals surface area contributed by atoms with E-state index in [0.29, 0.717) is 6.61 Å². The summed E-state index contributed by atoms with van der Waals surface area (Å²) in [5.74, 6) is 0.537. The summed E-state index contributed by atoms with van der Waals surface area (Å²) in [5, 5.41) is 2.18. The number of rotatable bonds is 8. The first-order valence-corrected chi connectivity index (χ1v) is 12.5. The predicted octanol–water partition coefficient (Wildman–Crippen LogP) is 6.78. The fraction of sp³-hybridized carbons (Fsp3) is 0.290. The van der Waals surface area contributed by atoms with Gasteiger partial charge < -0.3 is 9.47 Å². The minimum atomic E-state index is -0.977. The van der Waals surface area contributed by atoms with Crippen molar-refractivity contribution in [3.05, 3.63) is 114 Å². The van der Waals surface area contributed by atoms with E-state index in [1.165, 1.54) is 25.3 Å². The molecule has 4 heteroatoms. The molecule has 35 heavy (non-hydrogen) atoms. The Labute approximate surface area is 207 Å². The summed E-state index contributed by atoms with van der Waals surface area (Å²) in [6, 6.07) is 29.2. The summed E-state index contributed by atoms with van der Waals surface area (Å²) >= 11 is 0. The van der Waals surface area contributed by atoms with Gasteiger partial charge in [0.15, 0.2) is 0 Å². The number of fused-ring (bicyclic) bond motifs is 1. The van der Waals surface area contributed by atoms with Crippen LogP contribution in [0.5, 0.6) is 5.75 Å². The van der Waals surface area contributed by atoms with Crippen LogP contribution >= 0.6 is 0 Å². The third-order valence-electron chi connectivity index (χ3n) is 7.09. The van der Waals surface area contributed by atoms with E-state index in [1.54, 1.807) is 19.2 Å². The number of piperidine rings is 1. The molecule has 0 aromatic heterocycles. The second-order valence-corrected chi connectivity index (χ2v) is 9.20. The lowest BCUT2D eigenvalue weighted by Gasteiger charge is -2.35. The van der Waals surface area contributed by atoms with E-state index in [4.69, 9.17) is 9.47 Å². The SMILES string of the molecule is COC(c1ccc(OCCN2CCCCC2)cc1)(c1cccc(F)c1)c1cccc2ccccc12. The van der Waals surface area contributed by atoms with Crippen molar-refractivity contribution >= 4 is 10.8 Å². The van der Waals surface area contributed by atoms with Crippen LogP contribution in [0.4, 0.5) is 4.39 Å². The highest BCUT2D eigenvalue weighted by Crippen LogP contribution is 2.43. The predicted molar refractivity (Wildman–Crippen MR) is 139 cm³/mol. The number of nitrogens with zero attached hydrogens (tertiary/aromatic N) is 1. The standard InChI is InChI=1S/C31H32FNO2/c1-34-31(26-11-8-12-27(32)23-26,30-14-7-10-24-9-3-4-13-29(24)30)25-15-17-28(18-16-25)35-22-21-33-19-5-2-6-20-33/h3-4,7-18,23H,2,5-6,19-22H2,1H3. The lowest BCUT2D eigenvalue weighted by molar-refractivity contribution is 0.0594. The number of ether oxygens (including phenoxy) is 2. The Morgan fingerprint density at radius 3 is 2.31 bits per heavy atom. The van der Waals surface area contributed by atoms with Gasteiger partial charge in [0.25, 0.3) is 0 Å². The molecule has 1 saturated heterocycles. The lowest BCUT2D eigenvalue weighted by Crippen LogP contribution is -2.33. The maximum Gasteiger partial charge on any atom is 0.144 e. The van der Waals surface area contributed by atoms with Gasteiger partial charge >= 0.3 is 0 Å². The largest absolute Gasteiger partial charge is 0.492 e. The monoisotopic (exact) mass is 469 g/mol. The number of likely N-dealkylation sites (tertiary alicyclic amines) is 1. The van der Waals surface area contributed by atoms with E-state index in [2.05, 4.69) is 29.2 Å². The second-order valence-electron chi connectivity index (χ2n) is 9.20. The molecule has 1 aliphatic heterocycles. The number of hydrogen-bond acceptors (Lipinski definition) is 3. The van der Waals surface area contributed by atoms with Crippen LogP contribution in [0.3, 0.4) is 0 Å².